The molecule has 1 heterocycles. The van der Waals surface area contributed by atoms with Crippen molar-refractivity contribution < 1.29 is 14.7 Å². The molecule has 0 saturated carbocycles. The van der Waals surface area contributed by atoms with Crippen molar-refractivity contribution in [2.75, 3.05) is 11.9 Å². The maximum atomic E-state index is 12.0. The van der Waals surface area contributed by atoms with Crippen LogP contribution in [0.2, 0.25) is 0 Å². The lowest BCUT2D eigenvalue weighted by Crippen LogP contribution is -2.34. The van der Waals surface area contributed by atoms with Crippen LogP contribution < -0.4 is 10.6 Å². The Bertz CT molecular complexity index is 503. The van der Waals surface area contributed by atoms with Gasteiger partial charge < -0.3 is 15.7 Å². The molecule has 1 unspecified atom stereocenters. The zero-order chi connectivity index (χ0) is 15.5. The number of carbonyl (C=O) groups excluding carboxylic acids is 2. The number of rotatable bonds is 4. The number of hydrogen-bond donors (Lipinski definition) is 3. The van der Waals surface area contributed by atoms with E-state index in [1.54, 1.807) is 13.0 Å². The van der Waals surface area contributed by atoms with E-state index in [1.807, 2.05) is 27.7 Å². The lowest BCUT2D eigenvalue weighted by molar-refractivity contribution is -0.123. The molecule has 0 aromatic carbocycles. The molecule has 0 saturated heterocycles. The lowest BCUT2D eigenvalue weighted by Gasteiger charge is -2.16. The van der Waals surface area contributed by atoms with Gasteiger partial charge in [-0.05, 0) is 25.5 Å². The zero-order valence-corrected chi connectivity index (χ0v) is 13.4. The standard InChI is InChI=1S/C14H22N2O3S/c1-8-6-10(16-13(19)14(3,4)5)20-11(8)12(18)15-9(2)7-17/h6,9,17H,7H2,1-5H3,(H,15,18)(H,16,19). The van der Waals surface area contributed by atoms with Crippen LogP contribution in [0.5, 0.6) is 0 Å². The molecule has 0 spiro atoms. The number of aryl methyl sites for hydroxylation is 1. The van der Waals surface area contributed by atoms with Gasteiger partial charge in [0.1, 0.15) is 0 Å². The molecule has 0 radical (unpaired) electrons. The van der Waals surface area contributed by atoms with Gasteiger partial charge in [0.25, 0.3) is 5.91 Å². The summed E-state index contributed by atoms with van der Waals surface area (Å²) in [5.41, 5.74) is 0.327. The number of hydrogen-bond acceptors (Lipinski definition) is 4. The van der Waals surface area contributed by atoms with Crippen LogP contribution in [0, 0.1) is 12.3 Å². The van der Waals surface area contributed by atoms with E-state index in [0.29, 0.717) is 9.88 Å². The maximum absolute atomic E-state index is 12.0. The summed E-state index contributed by atoms with van der Waals surface area (Å²) in [7, 11) is 0. The Labute approximate surface area is 123 Å². The normalized spacial score (nSPS) is 12.9. The molecule has 112 valence electrons. The molecular weight excluding hydrogens is 276 g/mol. The van der Waals surface area contributed by atoms with E-state index in [-0.39, 0.29) is 24.5 Å². The molecule has 5 nitrogen and oxygen atoms in total. The maximum Gasteiger partial charge on any atom is 0.261 e. The zero-order valence-electron chi connectivity index (χ0n) is 12.5. The van der Waals surface area contributed by atoms with Gasteiger partial charge in [0, 0.05) is 11.5 Å². The number of aliphatic hydroxyl groups excluding tert-OH is 1. The minimum atomic E-state index is -0.480. The lowest BCUT2D eigenvalue weighted by atomic mass is 9.96. The van der Waals surface area contributed by atoms with E-state index in [9.17, 15) is 9.59 Å². The highest BCUT2D eigenvalue weighted by molar-refractivity contribution is 7.18. The van der Waals surface area contributed by atoms with Crippen LogP contribution in [0.1, 0.15) is 42.9 Å². The minimum absolute atomic E-state index is 0.0885. The molecule has 20 heavy (non-hydrogen) atoms. The summed E-state index contributed by atoms with van der Waals surface area (Å²) in [5.74, 6) is -0.320. The summed E-state index contributed by atoms with van der Waals surface area (Å²) in [6.07, 6.45) is 0. The molecule has 1 atom stereocenters. The van der Waals surface area contributed by atoms with Crippen molar-refractivity contribution in [2.45, 2.75) is 40.7 Å². The third-order valence-corrected chi connectivity index (χ3v) is 3.84. The number of aliphatic hydroxyl groups is 1. The van der Waals surface area contributed by atoms with E-state index in [4.69, 9.17) is 5.11 Å². The van der Waals surface area contributed by atoms with Gasteiger partial charge in [0.15, 0.2) is 0 Å². The first-order chi connectivity index (χ1) is 9.15. The Morgan fingerprint density at radius 2 is 2.00 bits per heavy atom. The van der Waals surface area contributed by atoms with E-state index < -0.39 is 5.41 Å². The molecular formula is C14H22N2O3S. The monoisotopic (exact) mass is 298 g/mol. The fraction of sp³-hybridized carbons (Fsp3) is 0.571. The molecule has 0 aliphatic rings. The highest BCUT2D eigenvalue weighted by atomic mass is 32.1. The fourth-order valence-corrected chi connectivity index (χ4v) is 2.37. The van der Waals surface area contributed by atoms with Crippen molar-refractivity contribution in [1.29, 1.82) is 0 Å². The smallest absolute Gasteiger partial charge is 0.261 e. The van der Waals surface area contributed by atoms with Crippen molar-refractivity contribution in [3.63, 3.8) is 0 Å². The number of thiophene rings is 1. The summed E-state index contributed by atoms with van der Waals surface area (Å²) < 4.78 is 0. The van der Waals surface area contributed by atoms with Gasteiger partial charge in [-0.2, -0.15) is 0 Å². The van der Waals surface area contributed by atoms with E-state index in [2.05, 4.69) is 10.6 Å². The molecule has 0 aliphatic carbocycles. The largest absolute Gasteiger partial charge is 0.394 e. The van der Waals surface area contributed by atoms with Crippen molar-refractivity contribution in [3.8, 4) is 0 Å². The summed E-state index contributed by atoms with van der Waals surface area (Å²) in [5, 5.41) is 15.1. The summed E-state index contributed by atoms with van der Waals surface area (Å²) in [6.45, 7) is 8.94. The van der Waals surface area contributed by atoms with Gasteiger partial charge >= 0.3 is 0 Å². The third-order valence-electron chi connectivity index (χ3n) is 2.69. The minimum Gasteiger partial charge on any atom is -0.394 e. The molecule has 0 bridgehead atoms. The van der Waals surface area contributed by atoms with E-state index in [0.717, 1.165) is 5.56 Å². The highest BCUT2D eigenvalue weighted by Gasteiger charge is 2.23. The van der Waals surface area contributed by atoms with Crippen molar-refractivity contribution in [1.82, 2.24) is 5.32 Å². The highest BCUT2D eigenvalue weighted by Crippen LogP contribution is 2.28. The Morgan fingerprint density at radius 3 is 2.50 bits per heavy atom. The topological polar surface area (TPSA) is 78.4 Å². The van der Waals surface area contributed by atoms with Gasteiger partial charge in [0.2, 0.25) is 5.91 Å². The van der Waals surface area contributed by atoms with Crippen LogP contribution in [-0.2, 0) is 4.79 Å². The third kappa shape index (κ3) is 4.31. The first-order valence-corrected chi connectivity index (χ1v) is 7.30. The summed E-state index contributed by atoms with van der Waals surface area (Å²) >= 11 is 1.24. The second-order valence-electron chi connectivity index (χ2n) is 5.88. The van der Waals surface area contributed by atoms with Gasteiger partial charge in [-0.1, -0.05) is 20.8 Å². The van der Waals surface area contributed by atoms with Crippen LogP contribution in [-0.4, -0.2) is 29.6 Å². The molecule has 1 aromatic heterocycles. The Kier molecular flexibility index (Phi) is 5.30. The van der Waals surface area contributed by atoms with Gasteiger partial charge in [-0.15, -0.1) is 11.3 Å². The van der Waals surface area contributed by atoms with Crippen molar-refractivity contribution in [3.05, 3.63) is 16.5 Å². The fourth-order valence-electron chi connectivity index (χ4n) is 1.40. The first kappa shape index (κ1) is 16.7. The average Bonchev–Trinajstić information content (AvgIpc) is 2.68. The molecule has 1 aromatic rings. The van der Waals surface area contributed by atoms with Crippen LogP contribution in [0.15, 0.2) is 6.07 Å². The summed E-state index contributed by atoms with van der Waals surface area (Å²) in [6, 6.07) is 1.49. The number of nitrogens with one attached hydrogen (secondary N) is 2. The second kappa shape index (κ2) is 6.37. The van der Waals surface area contributed by atoms with Crippen molar-refractivity contribution in [2.24, 2.45) is 5.41 Å². The molecule has 1 rings (SSSR count). The van der Waals surface area contributed by atoms with E-state index in [1.165, 1.54) is 11.3 Å². The quantitative estimate of drug-likeness (QED) is 0.797. The van der Waals surface area contributed by atoms with Crippen LogP contribution in [0.25, 0.3) is 0 Å². The van der Waals surface area contributed by atoms with Gasteiger partial charge in [-0.3, -0.25) is 9.59 Å². The average molecular weight is 298 g/mol. The number of carbonyl (C=O) groups is 2. The predicted molar refractivity (Wildman–Crippen MR) is 81.2 cm³/mol. The van der Waals surface area contributed by atoms with Crippen LogP contribution in [0.4, 0.5) is 5.00 Å². The van der Waals surface area contributed by atoms with Crippen LogP contribution in [0.3, 0.4) is 0 Å². The molecule has 0 aliphatic heterocycles. The van der Waals surface area contributed by atoms with Gasteiger partial charge in [0.05, 0.1) is 16.5 Å². The summed E-state index contributed by atoms with van der Waals surface area (Å²) in [4.78, 5) is 24.5. The SMILES string of the molecule is Cc1cc(NC(=O)C(C)(C)C)sc1C(=O)NC(C)CO. The van der Waals surface area contributed by atoms with Gasteiger partial charge in [-0.25, -0.2) is 0 Å². The molecule has 3 N–H and O–H groups in total. The Hall–Kier alpha value is -1.40. The molecule has 2 amide bonds. The molecule has 6 heteroatoms. The Balaban J connectivity index is 2.83. The number of anilines is 1. The first-order valence-electron chi connectivity index (χ1n) is 6.48. The number of amides is 2. The van der Waals surface area contributed by atoms with Crippen molar-refractivity contribution >= 4 is 28.2 Å². The van der Waals surface area contributed by atoms with E-state index >= 15 is 0 Å². The Morgan fingerprint density at radius 1 is 1.40 bits per heavy atom. The van der Waals surface area contributed by atoms with Crippen LogP contribution >= 0.6 is 11.3 Å². The second-order valence-corrected chi connectivity index (χ2v) is 6.94. The molecule has 0 fully saturated rings. The predicted octanol–water partition coefficient (Wildman–Crippen LogP) is 2.15.